The average molecular weight is 752 g/mol. The minimum Gasteiger partial charge on any atom is -0.456 e. The predicted octanol–water partition coefficient (Wildman–Crippen LogP) is 15.2. The number of rotatable bonds is 5. The molecular formula is C57H37NO. The van der Waals surface area contributed by atoms with Gasteiger partial charge in [-0.3, -0.25) is 0 Å². The lowest BCUT2D eigenvalue weighted by Gasteiger charge is -2.35. The van der Waals surface area contributed by atoms with Crippen LogP contribution in [0.1, 0.15) is 33.4 Å². The molecule has 12 rings (SSSR count). The molecule has 10 aromatic rings. The summed E-state index contributed by atoms with van der Waals surface area (Å²) in [6, 6.07) is 77.2. The van der Waals surface area contributed by atoms with Crippen LogP contribution in [0.3, 0.4) is 0 Å². The predicted molar refractivity (Wildman–Crippen MR) is 246 cm³/mol. The molecular weight excluding hydrogens is 715 g/mol. The van der Waals surface area contributed by atoms with Crippen molar-refractivity contribution in [3.8, 4) is 33.4 Å². The fourth-order valence-electron chi connectivity index (χ4n) is 9.94. The zero-order valence-electron chi connectivity index (χ0n) is 32.2. The molecule has 0 saturated heterocycles. The number of nitrogens with zero attached hydrogens (tertiary/aromatic N) is 1. The maximum atomic E-state index is 6.40. The van der Waals surface area contributed by atoms with Gasteiger partial charge in [-0.05, 0) is 115 Å². The Morgan fingerprint density at radius 1 is 0.356 bits per heavy atom. The van der Waals surface area contributed by atoms with Gasteiger partial charge in [-0.15, -0.1) is 0 Å². The molecule has 0 amide bonds. The van der Waals surface area contributed by atoms with Crippen LogP contribution < -0.4 is 4.90 Å². The molecule has 59 heavy (non-hydrogen) atoms. The Bertz CT molecular complexity index is 3210. The molecule has 0 atom stereocenters. The highest BCUT2D eigenvalue weighted by atomic mass is 16.3. The normalized spacial score (nSPS) is 13.2. The number of anilines is 3. The maximum Gasteiger partial charge on any atom is 0.137 e. The first-order valence-electron chi connectivity index (χ1n) is 20.3. The number of benzene rings is 9. The first kappa shape index (κ1) is 33.5. The van der Waals surface area contributed by atoms with Crippen molar-refractivity contribution in [2.45, 2.75) is 5.41 Å². The largest absolute Gasteiger partial charge is 0.456 e. The van der Waals surface area contributed by atoms with E-state index in [-0.39, 0.29) is 0 Å². The molecule has 0 aliphatic heterocycles. The molecule has 0 fully saturated rings. The van der Waals surface area contributed by atoms with E-state index in [4.69, 9.17) is 4.42 Å². The lowest BCUT2D eigenvalue weighted by molar-refractivity contribution is 0.669. The van der Waals surface area contributed by atoms with Crippen LogP contribution in [0.2, 0.25) is 0 Å². The van der Waals surface area contributed by atoms with Crippen molar-refractivity contribution >= 4 is 51.2 Å². The fourth-order valence-corrected chi connectivity index (χ4v) is 9.94. The van der Waals surface area contributed by atoms with E-state index < -0.39 is 5.41 Å². The van der Waals surface area contributed by atoms with Gasteiger partial charge in [-0.25, -0.2) is 0 Å². The highest BCUT2D eigenvalue weighted by Gasteiger charge is 2.48. The minimum absolute atomic E-state index is 0.465. The molecule has 9 aromatic carbocycles. The molecule has 2 heteroatoms. The Balaban J connectivity index is 1.02. The van der Waals surface area contributed by atoms with E-state index in [2.05, 4.69) is 223 Å². The van der Waals surface area contributed by atoms with Crippen molar-refractivity contribution in [2.24, 2.45) is 0 Å². The van der Waals surface area contributed by atoms with Crippen molar-refractivity contribution in [1.29, 1.82) is 0 Å². The van der Waals surface area contributed by atoms with E-state index >= 15 is 0 Å². The van der Waals surface area contributed by atoms with E-state index in [0.717, 1.165) is 39.0 Å². The first-order valence-corrected chi connectivity index (χ1v) is 20.3. The summed E-state index contributed by atoms with van der Waals surface area (Å²) in [7, 11) is 0. The smallest absolute Gasteiger partial charge is 0.137 e. The Morgan fingerprint density at radius 2 is 0.881 bits per heavy atom. The molecule has 1 aromatic heterocycles. The van der Waals surface area contributed by atoms with Gasteiger partial charge >= 0.3 is 0 Å². The third-order valence-corrected chi connectivity index (χ3v) is 12.5. The Hall–Kier alpha value is -7.68. The van der Waals surface area contributed by atoms with Crippen molar-refractivity contribution < 1.29 is 4.42 Å². The zero-order chi connectivity index (χ0) is 38.9. The molecule has 1 spiro atoms. The first-order chi connectivity index (χ1) is 29.3. The van der Waals surface area contributed by atoms with Gasteiger partial charge in [0.2, 0.25) is 0 Å². The summed E-state index contributed by atoms with van der Waals surface area (Å²) in [5.74, 6) is 0. The standard InChI is InChI=1S/C57H37NO/c1-2-13-38(14-3-1)39-27-32-44(33-28-39)58(53-22-12-24-55-56(53)48-18-7-11-23-54(48)59-55)45-34-29-40(30-35-45)43-31-36-47-46-17-6-10-21-51(46)57(52(47)37-43)49-19-8-4-15-41(49)25-26-42-16-5-9-20-50(42)57/h1-37H. The quantitative estimate of drug-likeness (QED) is 0.174. The molecule has 0 bridgehead atoms. The molecule has 0 unspecified atom stereocenters. The lowest BCUT2D eigenvalue weighted by Crippen LogP contribution is -2.29. The number of hydrogen-bond donors (Lipinski definition) is 0. The molecule has 0 N–H and O–H groups in total. The Morgan fingerprint density at radius 3 is 1.59 bits per heavy atom. The molecule has 2 aliphatic rings. The van der Waals surface area contributed by atoms with Gasteiger partial charge in [0.25, 0.3) is 0 Å². The molecule has 0 saturated carbocycles. The van der Waals surface area contributed by atoms with Crippen molar-refractivity contribution in [1.82, 2.24) is 0 Å². The van der Waals surface area contributed by atoms with Crippen LogP contribution in [0, 0.1) is 0 Å². The lowest BCUT2D eigenvalue weighted by atomic mass is 9.66. The van der Waals surface area contributed by atoms with Crippen LogP contribution >= 0.6 is 0 Å². The Kier molecular flexibility index (Phi) is 7.48. The third kappa shape index (κ3) is 5.06. The number of hydrogen-bond acceptors (Lipinski definition) is 2. The van der Waals surface area contributed by atoms with Crippen LogP contribution in [0.25, 0.3) is 67.5 Å². The van der Waals surface area contributed by atoms with E-state index in [9.17, 15) is 0 Å². The van der Waals surface area contributed by atoms with Crippen LogP contribution in [-0.4, -0.2) is 0 Å². The van der Waals surface area contributed by atoms with Gasteiger partial charge < -0.3 is 9.32 Å². The van der Waals surface area contributed by atoms with E-state index in [1.54, 1.807) is 0 Å². The SMILES string of the molecule is C1=Cc2ccccc2C2(c3ccccc31)c1ccccc1-c1ccc(-c3ccc(N(c4ccc(-c5ccccc5)cc4)c4cccc5oc6ccccc6c45)cc3)cc12. The van der Waals surface area contributed by atoms with Gasteiger partial charge in [0.15, 0.2) is 0 Å². The van der Waals surface area contributed by atoms with Gasteiger partial charge in [0.05, 0.1) is 16.5 Å². The van der Waals surface area contributed by atoms with Crippen LogP contribution in [0.4, 0.5) is 17.1 Å². The summed E-state index contributed by atoms with van der Waals surface area (Å²) in [5.41, 5.74) is 19.6. The Labute approximate surface area is 343 Å². The zero-order valence-corrected chi connectivity index (χ0v) is 32.2. The number of furan rings is 1. The highest BCUT2D eigenvalue weighted by Crippen LogP contribution is 2.59. The number of para-hydroxylation sites is 1. The molecule has 2 aliphatic carbocycles. The van der Waals surface area contributed by atoms with Crippen molar-refractivity contribution in [3.05, 3.63) is 246 Å². The summed E-state index contributed by atoms with van der Waals surface area (Å²) in [6.45, 7) is 0. The van der Waals surface area contributed by atoms with Crippen LogP contribution in [-0.2, 0) is 5.41 Å². The van der Waals surface area contributed by atoms with Gasteiger partial charge in [-0.2, -0.15) is 0 Å². The average Bonchev–Trinajstić information content (AvgIpc) is 3.78. The minimum atomic E-state index is -0.465. The summed E-state index contributed by atoms with van der Waals surface area (Å²) >= 11 is 0. The molecule has 0 radical (unpaired) electrons. The highest BCUT2D eigenvalue weighted by molar-refractivity contribution is 6.13. The van der Waals surface area contributed by atoms with Gasteiger partial charge in [0, 0.05) is 16.8 Å². The summed E-state index contributed by atoms with van der Waals surface area (Å²) in [5, 5.41) is 2.20. The van der Waals surface area contributed by atoms with Crippen LogP contribution in [0.5, 0.6) is 0 Å². The van der Waals surface area contributed by atoms with Crippen molar-refractivity contribution in [2.75, 3.05) is 4.90 Å². The summed E-state index contributed by atoms with van der Waals surface area (Å²) in [6.07, 6.45) is 4.58. The molecule has 276 valence electrons. The maximum absolute atomic E-state index is 6.40. The summed E-state index contributed by atoms with van der Waals surface area (Å²) < 4.78 is 6.40. The number of fused-ring (bicyclic) bond motifs is 12. The topological polar surface area (TPSA) is 16.4 Å². The summed E-state index contributed by atoms with van der Waals surface area (Å²) in [4.78, 5) is 2.36. The second-order valence-corrected chi connectivity index (χ2v) is 15.6. The van der Waals surface area contributed by atoms with Gasteiger partial charge in [0.1, 0.15) is 11.2 Å². The van der Waals surface area contributed by atoms with E-state index in [1.165, 1.54) is 66.8 Å². The fraction of sp³-hybridized carbons (Fsp3) is 0.0175. The van der Waals surface area contributed by atoms with Gasteiger partial charge in [-0.1, -0.05) is 176 Å². The molecule has 1 heterocycles. The molecule has 2 nitrogen and oxygen atoms in total. The van der Waals surface area contributed by atoms with Crippen molar-refractivity contribution in [3.63, 3.8) is 0 Å². The monoisotopic (exact) mass is 751 g/mol. The second-order valence-electron chi connectivity index (χ2n) is 15.6. The van der Waals surface area contributed by atoms with E-state index in [1.807, 2.05) is 6.07 Å². The third-order valence-electron chi connectivity index (χ3n) is 12.5. The van der Waals surface area contributed by atoms with E-state index in [0.29, 0.717) is 0 Å². The second kappa shape index (κ2) is 13.2. The van der Waals surface area contributed by atoms with Crippen LogP contribution in [0.15, 0.2) is 217 Å².